The summed E-state index contributed by atoms with van der Waals surface area (Å²) >= 11 is 0. The molecule has 0 atom stereocenters. The number of pyridine rings is 1. The Balaban J connectivity index is 2.70. The lowest BCUT2D eigenvalue weighted by molar-refractivity contribution is -0.285. The molecule has 2 aromatic rings. The van der Waals surface area contributed by atoms with E-state index >= 15 is 0 Å². The van der Waals surface area contributed by atoms with Crippen LogP contribution in [0.15, 0.2) is 29.1 Å². The van der Waals surface area contributed by atoms with Crippen molar-refractivity contribution in [2.75, 3.05) is 18.0 Å². The number of hydrogen-bond acceptors (Lipinski definition) is 2. The summed E-state index contributed by atoms with van der Waals surface area (Å²) in [7, 11) is 0. The van der Waals surface area contributed by atoms with Crippen molar-refractivity contribution in [3.8, 4) is 0 Å². The van der Waals surface area contributed by atoms with Crippen LogP contribution in [0.5, 0.6) is 0 Å². The SMILES string of the molecule is O=c1cc(C(F)(F)F)c2cc(N(CC(F)(F)C(F)(F)F)CC(F)(F)C(F)(F)F)ccc2[nH]1. The van der Waals surface area contributed by atoms with Crippen molar-refractivity contribution in [3.05, 3.63) is 40.2 Å². The van der Waals surface area contributed by atoms with Gasteiger partial charge in [-0.1, -0.05) is 0 Å². The summed E-state index contributed by atoms with van der Waals surface area (Å²) in [5.74, 6) is -11.6. The Morgan fingerprint density at radius 1 is 0.719 bits per heavy atom. The van der Waals surface area contributed by atoms with Gasteiger partial charge in [-0.3, -0.25) is 4.79 Å². The number of aromatic amines is 1. The summed E-state index contributed by atoms with van der Waals surface area (Å²) in [5, 5.41) is -1.04. The lowest BCUT2D eigenvalue weighted by Gasteiger charge is -2.33. The maximum Gasteiger partial charge on any atom is 0.455 e. The molecule has 16 heteroatoms. The van der Waals surface area contributed by atoms with Crippen LogP contribution in [0.4, 0.5) is 62.8 Å². The van der Waals surface area contributed by atoms with E-state index in [-0.39, 0.29) is 12.1 Å². The van der Waals surface area contributed by atoms with Gasteiger partial charge in [0.1, 0.15) is 0 Å². The fourth-order valence-electron chi connectivity index (χ4n) is 2.57. The number of hydrogen-bond donors (Lipinski definition) is 1. The fourth-order valence-corrected chi connectivity index (χ4v) is 2.57. The average Bonchev–Trinajstić information content (AvgIpc) is 2.56. The highest BCUT2D eigenvalue weighted by Crippen LogP contribution is 2.41. The number of aromatic nitrogens is 1. The molecule has 0 spiro atoms. The van der Waals surface area contributed by atoms with Crippen LogP contribution in [0, 0.1) is 0 Å². The first-order chi connectivity index (χ1) is 14.2. The molecule has 0 fully saturated rings. The molecule has 1 N–H and O–H groups in total. The topological polar surface area (TPSA) is 36.1 Å². The van der Waals surface area contributed by atoms with Crippen molar-refractivity contribution in [2.24, 2.45) is 0 Å². The van der Waals surface area contributed by atoms with E-state index in [4.69, 9.17) is 0 Å². The van der Waals surface area contributed by atoms with Gasteiger partial charge in [0.25, 0.3) is 0 Å². The summed E-state index contributed by atoms with van der Waals surface area (Å²) < 4.78 is 168. The van der Waals surface area contributed by atoms with Crippen molar-refractivity contribution in [1.82, 2.24) is 4.98 Å². The van der Waals surface area contributed by atoms with Crippen LogP contribution in [0.2, 0.25) is 0 Å². The van der Waals surface area contributed by atoms with E-state index in [2.05, 4.69) is 0 Å². The van der Waals surface area contributed by atoms with Gasteiger partial charge in [-0.05, 0) is 18.2 Å². The van der Waals surface area contributed by atoms with Crippen LogP contribution in [0.3, 0.4) is 0 Å². The molecule has 0 aliphatic heterocycles. The minimum atomic E-state index is -6.36. The zero-order chi connectivity index (χ0) is 24.9. The molecule has 3 nitrogen and oxygen atoms in total. The minimum Gasteiger partial charge on any atom is -0.359 e. The largest absolute Gasteiger partial charge is 0.455 e. The van der Waals surface area contributed by atoms with E-state index in [1.165, 1.54) is 0 Å². The van der Waals surface area contributed by atoms with E-state index < -0.39 is 76.1 Å². The van der Waals surface area contributed by atoms with E-state index in [0.717, 1.165) is 0 Å². The Labute approximate surface area is 168 Å². The Morgan fingerprint density at radius 2 is 1.19 bits per heavy atom. The highest BCUT2D eigenvalue weighted by Gasteiger charge is 2.62. The molecule has 0 aliphatic carbocycles. The van der Waals surface area contributed by atoms with Gasteiger partial charge in [0.15, 0.2) is 0 Å². The molecule has 0 saturated heterocycles. The number of halogens is 13. The fraction of sp³-hybridized carbons (Fsp3) is 0.438. The molecular formula is C16H9F13N2O. The first kappa shape index (κ1) is 25.6. The second-order valence-corrected chi connectivity index (χ2v) is 6.54. The molecule has 0 unspecified atom stereocenters. The monoisotopic (exact) mass is 492 g/mol. The second-order valence-electron chi connectivity index (χ2n) is 6.54. The van der Waals surface area contributed by atoms with Crippen molar-refractivity contribution < 1.29 is 57.1 Å². The molecule has 0 amide bonds. The van der Waals surface area contributed by atoms with Crippen molar-refractivity contribution in [2.45, 2.75) is 30.4 Å². The number of anilines is 1. The lowest BCUT2D eigenvalue weighted by Crippen LogP contribution is -2.53. The summed E-state index contributed by atoms with van der Waals surface area (Å²) in [6.07, 6.45) is -18.0. The van der Waals surface area contributed by atoms with Gasteiger partial charge in [-0.25, -0.2) is 0 Å². The third-order valence-electron chi connectivity index (χ3n) is 4.11. The van der Waals surface area contributed by atoms with Crippen LogP contribution >= 0.6 is 0 Å². The first-order valence-corrected chi connectivity index (χ1v) is 8.04. The van der Waals surface area contributed by atoms with Gasteiger partial charge in [0, 0.05) is 22.7 Å². The molecule has 0 radical (unpaired) electrons. The van der Waals surface area contributed by atoms with Gasteiger partial charge in [0.2, 0.25) is 5.56 Å². The molecular weight excluding hydrogens is 483 g/mol. The normalized spacial score (nSPS) is 14.2. The van der Waals surface area contributed by atoms with Crippen LogP contribution in [0.25, 0.3) is 10.9 Å². The summed E-state index contributed by atoms with van der Waals surface area (Å²) in [6.45, 7) is -5.50. The molecule has 0 aliphatic rings. The molecule has 0 saturated carbocycles. The van der Waals surface area contributed by atoms with Crippen molar-refractivity contribution in [1.29, 1.82) is 0 Å². The van der Waals surface area contributed by atoms with E-state index in [0.29, 0.717) is 12.1 Å². The second kappa shape index (κ2) is 7.72. The van der Waals surface area contributed by atoms with E-state index in [1.807, 2.05) is 4.98 Å². The zero-order valence-electron chi connectivity index (χ0n) is 15.0. The standard InChI is InChI=1S/C16H9F13N2O/c17-12(18,15(24,25)26)5-31(6-13(19,20)16(27,28)29)7-1-2-10-8(3-7)9(14(21,22)23)4-11(32)30-10/h1-4H,5-6H2,(H,30,32). The van der Waals surface area contributed by atoms with Crippen LogP contribution in [-0.2, 0) is 6.18 Å². The number of benzene rings is 1. The maximum atomic E-state index is 13.5. The summed E-state index contributed by atoms with van der Waals surface area (Å²) in [5.41, 5.74) is -4.87. The van der Waals surface area contributed by atoms with Gasteiger partial charge in [-0.15, -0.1) is 0 Å². The number of nitrogens with zero attached hydrogens (tertiary/aromatic N) is 1. The molecule has 0 bridgehead atoms. The van der Waals surface area contributed by atoms with Gasteiger partial charge < -0.3 is 9.88 Å². The zero-order valence-corrected chi connectivity index (χ0v) is 15.0. The Hall–Kier alpha value is -2.68. The molecule has 1 aromatic heterocycles. The predicted octanol–water partition coefficient (Wildman–Crippen LogP) is 5.75. The minimum absolute atomic E-state index is 0.00884. The molecule has 1 heterocycles. The molecule has 2 rings (SSSR count). The van der Waals surface area contributed by atoms with Crippen molar-refractivity contribution in [3.63, 3.8) is 0 Å². The highest BCUT2D eigenvalue weighted by atomic mass is 19.4. The van der Waals surface area contributed by atoms with Crippen LogP contribution in [-0.4, -0.2) is 42.3 Å². The number of rotatable bonds is 5. The van der Waals surface area contributed by atoms with Gasteiger partial charge in [0.05, 0.1) is 18.7 Å². The molecule has 180 valence electrons. The van der Waals surface area contributed by atoms with E-state index in [9.17, 15) is 61.9 Å². The number of alkyl halides is 13. The molecule has 1 aromatic carbocycles. The summed E-state index contributed by atoms with van der Waals surface area (Å²) in [4.78, 5) is 12.5. The third kappa shape index (κ3) is 5.20. The molecule has 32 heavy (non-hydrogen) atoms. The smallest absolute Gasteiger partial charge is 0.359 e. The first-order valence-electron chi connectivity index (χ1n) is 8.04. The lowest BCUT2D eigenvalue weighted by atomic mass is 10.1. The maximum absolute atomic E-state index is 13.5. The van der Waals surface area contributed by atoms with Crippen molar-refractivity contribution >= 4 is 16.6 Å². The number of nitrogens with one attached hydrogen (secondary N) is 1. The van der Waals surface area contributed by atoms with Crippen LogP contribution in [0.1, 0.15) is 5.56 Å². The quantitative estimate of drug-likeness (QED) is 0.540. The van der Waals surface area contributed by atoms with Gasteiger partial charge >= 0.3 is 30.4 Å². The number of H-pyrrole nitrogens is 1. The van der Waals surface area contributed by atoms with E-state index in [1.54, 1.807) is 0 Å². The Kier molecular flexibility index (Phi) is 6.17. The van der Waals surface area contributed by atoms with Crippen LogP contribution < -0.4 is 10.5 Å². The Morgan fingerprint density at radius 3 is 1.59 bits per heavy atom. The highest BCUT2D eigenvalue weighted by molar-refractivity contribution is 5.86. The van der Waals surface area contributed by atoms with Gasteiger partial charge in [-0.2, -0.15) is 57.1 Å². The average molecular weight is 492 g/mol. The predicted molar refractivity (Wildman–Crippen MR) is 83.8 cm³/mol. The summed E-state index contributed by atoms with van der Waals surface area (Å²) in [6, 6.07) is 1.11. The third-order valence-corrected chi connectivity index (χ3v) is 4.11. The Bertz CT molecular complexity index is 1010. The number of fused-ring (bicyclic) bond motifs is 1.